The molecule has 1 saturated carbocycles. The second kappa shape index (κ2) is 11.2. The standard InChI is InChI=1S/C29H32N2O5/c1-20(32)30-12-14-31(15-13-30)29(34)25-18-23(16-21-4-8-26(35-2)9-5-21)28(33)24(19-25)17-22-6-10-27(36-3)11-7-22/h4-11,16-17,25H,12-15,18-19H2,1-3H3/b23-16+,24-17+. The lowest BCUT2D eigenvalue weighted by Gasteiger charge is -2.37. The number of methoxy groups -OCH3 is 2. The Morgan fingerprint density at radius 1 is 0.750 bits per heavy atom. The average Bonchev–Trinajstić information content (AvgIpc) is 2.91. The normalized spacial score (nSPS) is 20.5. The average molecular weight is 489 g/mol. The number of benzene rings is 2. The molecule has 2 aromatic rings. The second-order valence-corrected chi connectivity index (χ2v) is 9.15. The Bertz CT molecular complexity index is 1100. The molecule has 188 valence electrons. The lowest BCUT2D eigenvalue weighted by molar-refractivity contribution is -0.141. The van der Waals surface area contributed by atoms with Crippen molar-refractivity contribution in [3.8, 4) is 11.5 Å². The molecule has 0 atom stereocenters. The lowest BCUT2D eigenvalue weighted by atomic mass is 9.79. The van der Waals surface area contributed by atoms with Gasteiger partial charge in [-0.25, -0.2) is 0 Å². The number of amides is 2. The molecule has 7 nitrogen and oxygen atoms in total. The third-order valence-corrected chi connectivity index (χ3v) is 6.82. The van der Waals surface area contributed by atoms with Gasteiger partial charge in [0.05, 0.1) is 14.2 Å². The van der Waals surface area contributed by atoms with Crippen LogP contribution in [0.1, 0.15) is 30.9 Å². The van der Waals surface area contributed by atoms with Crippen LogP contribution in [-0.2, 0) is 14.4 Å². The summed E-state index contributed by atoms with van der Waals surface area (Å²) in [4.78, 5) is 42.3. The fourth-order valence-corrected chi connectivity index (χ4v) is 4.72. The molecule has 36 heavy (non-hydrogen) atoms. The van der Waals surface area contributed by atoms with Crippen molar-refractivity contribution in [1.29, 1.82) is 0 Å². The molecule has 2 fully saturated rings. The predicted molar refractivity (Wildman–Crippen MR) is 139 cm³/mol. The van der Waals surface area contributed by atoms with Gasteiger partial charge in [-0.3, -0.25) is 14.4 Å². The van der Waals surface area contributed by atoms with E-state index in [9.17, 15) is 14.4 Å². The second-order valence-electron chi connectivity index (χ2n) is 9.15. The topological polar surface area (TPSA) is 76.2 Å². The first-order chi connectivity index (χ1) is 17.4. The highest BCUT2D eigenvalue weighted by Gasteiger charge is 2.35. The van der Waals surface area contributed by atoms with Gasteiger partial charge < -0.3 is 19.3 Å². The number of nitrogens with zero attached hydrogens (tertiary/aromatic N) is 2. The number of hydrogen-bond donors (Lipinski definition) is 0. The van der Waals surface area contributed by atoms with E-state index in [1.165, 1.54) is 0 Å². The summed E-state index contributed by atoms with van der Waals surface area (Å²) < 4.78 is 10.5. The van der Waals surface area contributed by atoms with Gasteiger partial charge in [-0.2, -0.15) is 0 Å². The number of carbonyl (C=O) groups excluding carboxylic acids is 3. The van der Waals surface area contributed by atoms with Crippen molar-refractivity contribution in [1.82, 2.24) is 9.80 Å². The van der Waals surface area contributed by atoms with Crippen molar-refractivity contribution in [2.45, 2.75) is 19.8 Å². The van der Waals surface area contributed by atoms with Crippen LogP contribution in [0.2, 0.25) is 0 Å². The summed E-state index contributed by atoms with van der Waals surface area (Å²) in [6.07, 6.45) is 4.51. The van der Waals surface area contributed by atoms with Crippen LogP contribution in [0, 0.1) is 5.92 Å². The van der Waals surface area contributed by atoms with Crippen LogP contribution in [0.15, 0.2) is 59.7 Å². The van der Waals surface area contributed by atoms with Crippen LogP contribution in [0.5, 0.6) is 11.5 Å². The molecule has 1 aliphatic carbocycles. The van der Waals surface area contributed by atoms with Gasteiger partial charge in [-0.1, -0.05) is 24.3 Å². The van der Waals surface area contributed by atoms with Crippen LogP contribution in [0.4, 0.5) is 0 Å². The first-order valence-corrected chi connectivity index (χ1v) is 12.2. The van der Waals surface area contributed by atoms with Gasteiger partial charge >= 0.3 is 0 Å². The fraction of sp³-hybridized carbons (Fsp3) is 0.345. The summed E-state index contributed by atoms with van der Waals surface area (Å²) in [6, 6.07) is 15.0. The molecule has 2 amide bonds. The largest absolute Gasteiger partial charge is 0.497 e. The number of allylic oxidation sites excluding steroid dienone is 2. The minimum Gasteiger partial charge on any atom is -0.497 e. The fourth-order valence-electron chi connectivity index (χ4n) is 4.72. The number of Topliss-reactive ketones (excluding diaryl/α,β-unsaturated/α-hetero) is 1. The van der Waals surface area contributed by atoms with E-state index in [4.69, 9.17) is 9.47 Å². The van der Waals surface area contributed by atoms with Crippen molar-refractivity contribution in [3.05, 3.63) is 70.8 Å². The number of piperazine rings is 1. The summed E-state index contributed by atoms with van der Waals surface area (Å²) in [5, 5.41) is 0. The highest BCUT2D eigenvalue weighted by atomic mass is 16.5. The third-order valence-electron chi connectivity index (χ3n) is 6.82. The zero-order valence-electron chi connectivity index (χ0n) is 21.0. The summed E-state index contributed by atoms with van der Waals surface area (Å²) in [6.45, 7) is 3.65. The molecule has 0 aromatic heterocycles. The Labute approximate surface area is 212 Å². The van der Waals surface area contributed by atoms with Crippen molar-refractivity contribution in [2.24, 2.45) is 5.92 Å². The summed E-state index contributed by atoms with van der Waals surface area (Å²) in [5.74, 6) is 1.18. The Morgan fingerprint density at radius 3 is 1.56 bits per heavy atom. The van der Waals surface area contributed by atoms with Gasteiger partial charge in [0.15, 0.2) is 5.78 Å². The van der Waals surface area contributed by atoms with E-state index in [1.54, 1.807) is 26.0 Å². The molecule has 7 heteroatoms. The predicted octanol–water partition coefficient (Wildman–Crippen LogP) is 3.84. The van der Waals surface area contributed by atoms with E-state index in [0.717, 1.165) is 22.6 Å². The number of ketones is 1. The van der Waals surface area contributed by atoms with Crippen molar-refractivity contribution >= 4 is 29.7 Å². The van der Waals surface area contributed by atoms with Crippen LogP contribution in [0.25, 0.3) is 12.2 Å². The maximum atomic E-state index is 13.5. The van der Waals surface area contributed by atoms with E-state index in [-0.39, 0.29) is 23.5 Å². The van der Waals surface area contributed by atoms with E-state index in [1.807, 2.05) is 65.6 Å². The summed E-state index contributed by atoms with van der Waals surface area (Å²) >= 11 is 0. The lowest BCUT2D eigenvalue weighted by Crippen LogP contribution is -2.52. The Hall–Kier alpha value is -3.87. The molecule has 0 unspecified atom stereocenters. The Kier molecular flexibility index (Phi) is 7.88. The van der Waals surface area contributed by atoms with Gasteiger partial charge in [0.25, 0.3) is 0 Å². The van der Waals surface area contributed by atoms with Crippen molar-refractivity contribution in [3.63, 3.8) is 0 Å². The molecule has 1 aliphatic heterocycles. The van der Waals surface area contributed by atoms with Crippen molar-refractivity contribution < 1.29 is 23.9 Å². The zero-order chi connectivity index (χ0) is 25.7. The molecule has 0 N–H and O–H groups in total. The monoisotopic (exact) mass is 488 g/mol. The minimum absolute atomic E-state index is 0.0276. The van der Waals surface area contributed by atoms with E-state index < -0.39 is 0 Å². The van der Waals surface area contributed by atoms with Gasteiger partial charge in [-0.15, -0.1) is 0 Å². The molecule has 2 aromatic carbocycles. The summed E-state index contributed by atoms with van der Waals surface area (Å²) in [7, 11) is 3.22. The van der Waals surface area contributed by atoms with Gasteiger partial charge in [0.1, 0.15) is 11.5 Å². The van der Waals surface area contributed by atoms with Crippen LogP contribution >= 0.6 is 0 Å². The number of hydrogen-bond acceptors (Lipinski definition) is 5. The van der Waals surface area contributed by atoms with E-state index >= 15 is 0 Å². The maximum Gasteiger partial charge on any atom is 0.226 e. The van der Waals surface area contributed by atoms with Gasteiger partial charge in [0.2, 0.25) is 11.8 Å². The molecular formula is C29H32N2O5. The molecule has 2 aliphatic rings. The maximum absolute atomic E-state index is 13.5. The number of rotatable bonds is 5. The van der Waals surface area contributed by atoms with Gasteiger partial charge in [0, 0.05) is 50.2 Å². The first kappa shape index (κ1) is 25.2. The zero-order valence-corrected chi connectivity index (χ0v) is 21.0. The van der Waals surface area contributed by atoms with Gasteiger partial charge in [-0.05, 0) is 60.4 Å². The number of ether oxygens (including phenoxy) is 2. The third kappa shape index (κ3) is 5.85. The van der Waals surface area contributed by atoms with Crippen molar-refractivity contribution in [2.75, 3.05) is 40.4 Å². The molecule has 0 spiro atoms. The molecule has 4 rings (SSSR count). The SMILES string of the molecule is COc1ccc(/C=C2\CC(C(=O)N3CCN(C(C)=O)CC3)C/C(=C\c3ccc(OC)cc3)C2=O)cc1. The molecular weight excluding hydrogens is 456 g/mol. The first-order valence-electron chi connectivity index (χ1n) is 12.2. The smallest absolute Gasteiger partial charge is 0.226 e. The molecule has 1 heterocycles. The summed E-state index contributed by atoms with van der Waals surface area (Å²) in [5.41, 5.74) is 3.00. The quantitative estimate of drug-likeness (QED) is 0.598. The van der Waals surface area contributed by atoms with Crippen LogP contribution < -0.4 is 9.47 Å². The molecule has 0 bridgehead atoms. The van der Waals surface area contributed by atoms with Crippen LogP contribution in [-0.4, -0.2) is 67.8 Å². The van der Waals surface area contributed by atoms with Crippen LogP contribution in [0.3, 0.4) is 0 Å². The number of carbonyl (C=O) groups is 3. The highest BCUT2D eigenvalue weighted by Crippen LogP contribution is 2.34. The highest BCUT2D eigenvalue weighted by molar-refractivity contribution is 6.15. The van der Waals surface area contributed by atoms with E-state index in [0.29, 0.717) is 50.2 Å². The van der Waals surface area contributed by atoms with E-state index in [2.05, 4.69) is 0 Å². The minimum atomic E-state index is -0.333. The Morgan fingerprint density at radius 2 is 1.17 bits per heavy atom. The molecule has 1 saturated heterocycles. The Balaban J connectivity index is 1.61. The molecule has 0 radical (unpaired) electrons.